The predicted molar refractivity (Wildman–Crippen MR) is 114 cm³/mol. The van der Waals surface area contributed by atoms with Gasteiger partial charge >= 0.3 is 0 Å². The number of hydrogen-bond donors (Lipinski definition) is 1. The molecule has 1 aliphatic rings. The van der Waals surface area contributed by atoms with Gasteiger partial charge in [-0.25, -0.2) is 4.99 Å². The number of carbonyl (C=O) groups excluding carboxylic acids is 1. The van der Waals surface area contributed by atoms with Crippen molar-refractivity contribution in [2.45, 2.75) is 13.8 Å². The maximum Gasteiger partial charge on any atom is 0.264 e. The van der Waals surface area contributed by atoms with Crippen LogP contribution >= 0.6 is 27.7 Å². The summed E-state index contributed by atoms with van der Waals surface area (Å²) in [4.78, 5) is 17.3. The van der Waals surface area contributed by atoms with Gasteiger partial charge in [0, 0.05) is 0 Å². The van der Waals surface area contributed by atoms with Crippen LogP contribution in [0.4, 0.5) is 5.69 Å². The molecule has 5 nitrogen and oxygen atoms in total. The van der Waals surface area contributed by atoms with E-state index >= 15 is 0 Å². The third-order valence-corrected chi connectivity index (χ3v) is 5.11. The molecule has 3 rings (SSSR count). The monoisotopic (exact) mass is 446 g/mol. The van der Waals surface area contributed by atoms with Crippen molar-refractivity contribution < 1.29 is 14.3 Å². The highest BCUT2D eigenvalue weighted by Crippen LogP contribution is 2.31. The molecule has 0 aromatic heterocycles. The Morgan fingerprint density at radius 3 is 2.52 bits per heavy atom. The number of thioether (sulfide) groups is 1. The molecule has 140 valence electrons. The summed E-state index contributed by atoms with van der Waals surface area (Å²) >= 11 is 4.81. The zero-order valence-corrected chi connectivity index (χ0v) is 17.4. The van der Waals surface area contributed by atoms with Crippen molar-refractivity contribution in [1.29, 1.82) is 0 Å². The zero-order chi connectivity index (χ0) is 19.2. The summed E-state index contributed by atoms with van der Waals surface area (Å²) in [6.45, 7) is 5.10. The predicted octanol–water partition coefficient (Wildman–Crippen LogP) is 5.14. The molecule has 2 aromatic carbocycles. The summed E-state index contributed by atoms with van der Waals surface area (Å²) in [5.41, 5.74) is 1.66. The second-order valence-corrected chi connectivity index (χ2v) is 7.42. The number of aliphatic imine (C=N–C) groups is 1. The van der Waals surface area contributed by atoms with E-state index in [1.165, 1.54) is 11.8 Å². The Kier molecular flexibility index (Phi) is 6.58. The normalized spacial score (nSPS) is 16.6. The molecule has 27 heavy (non-hydrogen) atoms. The van der Waals surface area contributed by atoms with Gasteiger partial charge < -0.3 is 14.8 Å². The third kappa shape index (κ3) is 5.14. The Balaban J connectivity index is 1.74. The van der Waals surface area contributed by atoms with Gasteiger partial charge in [-0.1, -0.05) is 6.07 Å². The highest BCUT2D eigenvalue weighted by atomic mass is 79.9. The smallest absolute Gasteiger partial charge is 0.264 e. The first-order chi connectivity index (χ1) is 13.1. The molecule has 0 aliphatic carbocycles. The second-order valence-electron chi connectivity index (χ2n) is 5.53. The lowest BCUT2D eigenvalue weighted by molar-refractivity contribution is -0.115. The Morgan fingerprint density at radius 2 is 1.85 bits per heavy atom. The van der Waals surface area contributed by atoms with Gasteiger partial charge in [-0.3, -0.25) is 4.79 Å². The first-order valence-electron chi connectivity index (χ1n) is 8.54. The molecule has 0 saturated carbocycles. The van der Waals surface area contributed by atoms with Gasteiger partial charge in [-0.15, -0.1) is 0 Å². The van der Waals surface area contributed by atoms with Crippen molar-refractivity contribution >= 4 is 50.5 Å². The summed E-state index contributed by atoms with van der Waals surface area (Å²) in [7, 11) is 0. The molecule has 7 heteroatoms. The topological polar surface area (TPSA) is 59.9 Å². The molecule has 0 atom stereocenters. The van der Waals surface area contributed by atoms with Crippen LogP contribution < -0.4 is 14.8 Å². The number of rotatable bonds is 6. The molecule has 1 saturated heterocycles. The molecule has 1 heterocycles. The van der Waals surface area contributed by atoms with Crippen molar-refractivity contribution in [2.75, 3.05) is 13.2 Å². The largest absolute Gasteiger partial charge is 0.494 e. The van der Waals surface area contributed by atoms with E-state index < -0.39 is 0 Å². The summed E-state index contributed by atoms with van der Waals surface area (Å²) in [6.07, 6.45) is 1.83. The Bertz CT molecular complexity index is 895. The molecular weight excluding hydrogens is 428 g/mol. The van der Waals surface area contributed by atoms with Crippen LogP contribution in [0.3, 0.4) is 0 Å². The Labute approximate surface area is 171 Å². The summed E-state index contributed by atoms with van der Waals surface area (Å²) in [6, 6.07) is 13.2. The lowest BCUT2D eigenvalue weighted by Gasteiger charge is -2.06. The number of benzene rings is 2. The van der Waals surface area contributed by atoms with Crippen LogP contribution in [0, 0.1) is 0 Å². The minimum atomic E-state index is -0.158. The van der Waals surface area contributed by atoms with Crippen molar-refractivity contribution in [3.8, 4) is 11.5 Å². The number of nitrogens with one attached hydrogen (secondary N) is 1. The fourth-order valence-corrected chi connectivity index (χ4v) is 3.76. The lowest BCUT2D eigenvalue weighted by Crippen LogP contribution is -2.19. The highest BCUT2D eigenvalue weighted by Gasteiger charge is 2.23. The van der Waals surface area contributed by atoms with Gasteiger partial charge in [0.15, 0.2) is 5.17 Å². The first-order valence-corrected chi connectivity index (χ1v) is 10.1. The van der Waals surface area contributed by atoms with E-state index in [-0.39, 0.29) is 5.91 Å². The van der Waals surface area contributed by atoms with Crippen LogP contribution in [-0.2, 0) is 4.79 Å². The summed E-state index contributed by atoms with van der Waals surface area (Å²) in [5, 5.41) is 3.35. The van der Waals surface area contributed by atoms with Gasteiger partial charge in [0.2, 0.25) is 0 Å². The maximum atomic E-state index is 12.2. The van der Waals surface area contributed by atoms with Crippen LogP contribution in [0.5, 0.6) is 11.5 Å². The third-order valence-electron chi connectivity index (χ3n) is 3.58. The van der Waals surface area contributed by atoms with E-state index in [1.54, 1.807) is 0 Å². The average Bonchev–Trinajstić information content (AvgIpc) is 2.98. The number of amides is 1. The molecule has 1 N–H and O–H groups in total. The summed E-state index contributed by atoms with van der Waals surface area (Å²) < 4.78 is 11.8. The summed E-state index contributed by atoms with van der Waals surface area (Å²) in [5.74, 6) is 1.42. The number of carbonyl (C=O) groups is 1. The van der Waals surface area contributed by atoms with E-state index in [1.807, 2.05) is 62.4 Å². The maximum absolute atomic E-state index is 12.2. The number of ether oxygens (including phenoxy) is 2. The van der Waals surface area contributed by atoms with E-state index in [0.717, 1.165) is 27.2 Å². The lowest BCUT2D eigenvalue weighted by atomic mass is 10.2. The molecular formula is C20H19BrN2O3S. The van der Waals surface area contributed by atoms with Crippen LogP contribution in [-0.4, -0.2) is 24.3 Å². The number of halogens is 1. The molecule has 0 spiro atoms. The zero-order valence-electron chi connectivity index (χ0n) is 15.0. The van der Waals surface area contributed by atoms with Crippen molar-refractivity contribution in [3.63, 3.8) is 0 Å². The number of amidine groups is 1. The SMILES string of the molecule is CCOc1ccc(N=C2NC(=O)/C(=C\c3ccc(OCC)c(Br)c3)S2)cc1. The number of hydrogen-bond acceptors (Lipinski definition) is 5. The molecule has 1 aliphatic heterocycles. The van der Waals surface area contributed by atoms with Gasteiger partial charge in [-0.05, 0) is 89.6 Å². The number of nitrogens with zero attached hydrogens (tertiary/aromatic N) is 1. The molecule has 0 unspecified atom stereocenters. The van der Waals surface area contributed by atoms with Crippen molar-refractivity contribution in [3.05, 3.63) is 57.4 Å². The van der Waals surface area contributed by atoms with Gasteiger partial charge in [0.25, 0.3) is 5.91 Å². The molecule has 1 amide bonds. The average molecular weight is 447 g/mol. The van der Waals surface area contributed by atoms with Crippen LogP contribution in [0.15, 0.2) is 56.8 Å². The Hall–Kier alpha value is -2.25. The molecule has 2 aromatic rings. The highest BCUT2D eigenvalue weighted by molar-refractivity contribution is 9.10. The molecule has 0 radical (unpaired) electrons. The van der Waals surface area contributed by atoms with E-state index in [2.05, 4.69) is 26.2 Å². The first kappa shape index (κ1) is 19.5. The van der Waals surface area contributed by atoms with E-state index in [9.17, 15) is 4.79 Å². The van der Waals surface area contributed by atoms with E-state index in [4.69, 9.17) is 9.47 Å². The minimum Gasteiger partial charge on any atom is -0.494 e. The van der Waals surface area contributed by atoms with Crippen LogP contribution in [0.1, 0.15) is 19.4 Å². The fourth-order valence-electron chi connectivity index (χ4n) is 2.41. The van der Waals surface area contributed by atoms with Gasteiger partial charge in [-0.2, -0.15) is 0 Å². The van der Waals surface area contributed by atoms with Crippen LogP contribution in [0.2, 0.25) is 0 Å². The van der Waals surface area contributed by atoms with Gasteiger partial charge in [0.1, 0.15) is 11.5 Å². The molecule has 1 fully saturated rings. The van der Waals surface area contributed by atoms with Crippen molar-refractivity contribution in [2.24, 2.45) is 4.99 Å². The second kappa shape index (κ2) is 9.10. The standard InChI is InChI=1S/C20H19BrN2O3S/c1-3-25-15-8-6-14(7-9-15)22-20-23-19(24)18(27-20)12-13-5-10-17(26-4-2)16(21)11-13/h5-12H,3-4H2,1-2H3,(H,22,23,24)/b18-12+. The molecule has 0 bridgehead atoms. The van der Waals surface area contributed by atoms with Gasteiger partial charge in [0.05, 0.1) is 28.3 Å². The fraction of sp³-hybridized carbons (Fsp3) is 0.200. The van der Waals surface area contributed by atoms with Crippen molar-refractivity contribution in [1.82, 2.24) is 5.32 Å². The van der Waals surface area contributed by atoms with Crippen LogP contribution in [0.25, 0.3) is 6.08 Å². The minimum absolute atomic E-state index is 0.158. The quantitative estimate of drug-likeness (QED) is 0.624. The van der Waals surface area contributed by atoms with E-state index in [0.29, 0.717) is 23.3 Å². The Morgan fingerprint density at radius 1 is 1.11 bits per heavy atom.